The molecule has 21 heavy (non-hydrogen) atoms. The highest BCUT2D eigenvalue weighted by molar-refractivity contribution is 6.31. The van der Waals surface area contributed by atoms with Crippen molar-refractivity contribution in [3.63, 3.8) is 0 Å². The summed E-state index contributed by atoms with van der Waals surface area (Å²) in [5, 5.41) is 12.6. The van der Waals surface area contributed by atoms with Crippen LogP contribution in [-0.2, 0) is 16.0 Å². The Morgan fingerprint density at radius 1 is 1.14 bits per heavy atom. The molecule has 0 heterocycles. The minimum Gasteiger partial charge on any atom is -0.481 e. The molecule has 114 valence electrons. The van der Waals surface area contributed by atoms with Gasteiger partial charge in [0, 0.05) is 17.5 Å². The molecule has 4 nitrogen and oxygen atoms in total. The molecule has 1 aliphatic rings. The zero-order valence-corrected chi connectivity index (χ0v) is 12.6. The van der Waals surface area contributed by atoms with E-state index in [4.69, 9.17) is 16.7 Å². The molecule has 1 aromatic carbocycles. The Morgan fingerprint density at radius 2 is 1.76 bits per heavy atom. The van der Waals surface area contributed by atoms with Crippen LogP contribution in [0.5, 0.6) is 0 Å². The number of carbonyl (C=O) groups is 2. The van der Waals surface area contributed by atoms with Crippen LogP contribution in [0.2, 0.25) is 5.02 Å². The largest absolute Gasteiger partial charge is 0.481 e. The van der Waals surface area contributed by atoms with Crippen molar-refractivity contribution < 1.29 is 14.7 Å². The highest BCUT2D eigenvalue weighted by atomic mass is 35.5. The van der Waals surface area contributed by atoms with E-state index < -0.39 is 5.97 Å². The van der Waals surface area contributed by atoms with E-state index in [9.17, 15) is 9.59 Å². The molecule has 0 aromatic heterocycles. The molecule has 0 atom stereocenters. The number of carboxylic acid groups (broad SMARTS) is 1. The zero-order chi connectivity index (χ0) is 15.2. The Balaban J connectivity index is 1.73. The van der Waals surface area contributed by atoms with Crippen LogP contribution in [0, 0.1) is 11.8 Å². The summed E-state index contributed by atoms with van der Waals surface area (Å²) in [5.41, 5.74) is 1.02. The minimum atomic E-state index is -0.743. The number of nitrogens with one attached hydrogen (secondary N) is 1. The molecular formula is C16H20ClNO3. The van der Waals surface area contributed by atoms with Crippen molar-refractivity contribution in [2.24, 2.45) is 11.8 Å². The third-order valence-corrected chi connectivity index (χ3v) is 4.47. The van der Waals surface area contributed by atoms with Gasteiger partial charge in [0.05, 0.1) is 5.92 Å². The van der Waals surface area contributed by atoms with Crippen LogP contribution in [0.1, 0.15) is 31.2 Å². The molecule has 0 bridgehead atoms. The van der Waals surface area contributed by atoms with E-state index in [-0.39, 0.29) is 17.7 Å². The minimum absolute atomic E-state index is 0.0332. The lowest BCUT2D eigenvalue weighted by Gasteiger charge is -2.25. The van der Waals surface area contributed by atoms with Crippen molar-refractivity contribution in [3.8, 4) is 0 Å². The molecule has 0 aliphatic heterocycles. The Bertz CT molecular complexity index is 510. The van der Waals surface area contributed by atoms with Gasteiger partial charge in [0.1, 0.15) is 0 Å². The van der Waals surface area contributed by atoms with E-state index in [1.54, 1.807) is 0 Å². The molecule has 1 amide bonds. The molecule has 1 aliphatic carbocycles. The second-order valence-corrected chi connectivity index (χ2v) is 5.93. The van der Waals surface area contributed by atoms with Gasteiger partial charge in [0.15, 0.2) is 0 Å². The third-order valence-electron chi connectivity index (χ3n) is 4.10. The van der Waals surface area contributed by atoms with Gasteiger partial charge in [-0.3, -0.25) is 9.59 Å². The normalized spacial score (nSPS) is 21.8. The first-order valence-corrected chi connectivity index (χ1v) is 7.69. The Hall–Kier alpha value is -1.55. The number of aliphatic carboxylic acids is 1. The van der Waals surface area contributed by atoms with Gasteiger partial charge in [-0.05, 0) is 43.7 Å². The summed E-state index contributed by atoms with van der Waals surface area (Å²) in [7, 11) is 0. The Morgan fingerprint density at radius 3 is 2.38 bits per heavy atom. The molecule has 2 N–H and O–H groups in total. The van der Waals surface area contributed by atoms with Crippen molar-refractivity contribution in [2.75, 3.05) is 6.54 Å². The number of benzene rings is 1. The molecule has 0 unspecified atom stereocenters. The lowest BCUT2D eigenvalue weighted by atomic mass is 9.81. The van der Waals surface area contributed by atoms with Gasteiger partial charge in [0.2, 0.25) is 5.91 Å². The van der Waals surface area contributed by atoms with Crippen LogP contribution >= 0.6 is 11.6 Å². The summed E-state index contributed by atoms with van der Waals surface area (Å²) in [4.78, 5) is 22.9. The summed E-state index contributed by atoms with van der Waals surface area (Å²) in [6.07, 6.45) is 3.22. The number of hydrogen-bond donors (Lipinski definition) is 2. The van der Waals surface area contributed by atoms with Crippen molar-refractivity contribution >= 4 is 23.5 Å². The van der Waals surface area contributed by atoms with E-state index in [1.165, 1.54) is 0 Å². The van der Waals surface area contributed by atoms with Crippen molar-refractivity contribution in [3.05, 3.63) is 34.9 Å². The zero-order valence-electron chi connectivity index (χ0n) is 11.8. The number of amides is 1. The van der Waals surface area contributed by atoms with Gasteiger partial charge in [-0.15, -0.1) is 0 Å². The topological polar surface area (TPSA) is 66.4 Å². The van der Waals surface area contributed by atoms with Crippen LogP contribution in [-0.4, -0.2) is 23.5 Å². The van der Waals surface area contributed by atoms with Gasteiger partial charge in [0.25, 0.3) is 0 Å². The van der Waals surface area contributed by atoms with E-state index in [0.717, 1.165) is 5.56 Å². The first-order chi connectivity index (χ1) is 10.1. The lowest BCUT2D eigenvalue weighted by molar-refractivity contribution is -0.144. The van der Waals surface area contributed by atoms with Gasteiger partial charge in [-0.2, -0.15) is 0 Å². The molecule has 1 fully saturated rings. The average Bonchev–Trinajstić information content (AvgIpc) is 2.49. The second-order valence-electron chi connectivity index (χ2n) is 5.52. The predicted octanol–water partition coefficient (Wildman–Crippen LogP) is 2.89. The number of rotatable bonds is 5. The quantitative estimate of drug-likeness (QED) is 0.879. The van der Waals surface area contributed by atoms with Gasteiger partial charge >= 0.3 is 5.97 Å². The molecule has 0 radical (unpaired) electrons. The fraction of sp³-hybridized carbons (Fsp3) is 0.500. The number of carbonyl (C=O) groups excluding carboxylic acids is 1. The first kappa shape index (κ1) is 15.8. The number of halogens is 1. The highest BCUT2D eigenvalue weighted by Crippen LogP contribution is 2.29. The second kappa shape index (κ2) is 7.46. The molecular weight excluding hydrogens is 290 g/mol. The van der Waals surface area contributed by atoms with E-state index in [0.29, 0.717) is 43.7 Å². The molecule has 0 spiro atoms. The molecule has 0 saturated heterocycles. The van der Waals surface area contributed by atoms with E-state index in [2.05, 4.69) is 5.32 Å². The van der Waals surface area contributed by atoms with Gasteiger partial charge in [-0.25, -0.2) is 0 Å². The summed E-state index contributed by atoms with van der Waals surface area (Å²) >= 11 is 6.07. The summed E-state index contributed by atoms with van der Waals surface area (Å²) in [6, 6.07) is 7.60. The maximum atomic E-state index is 12.1. The highest BCUT2D eigenvalue weighted by Gasteiger charge is 2.29. The summed E-state index contributed by atoms with van der Waals surface area (Å²) in [5.74, 6) is -1.04. The monoisotopic (exact) mass is 309 g/mol. The Kier molecular flexibility index (Phi) is 5.62. The standard InChI is InChI=1S/C16H20ClNO3/c17-14-4-2-1-3-11(14)9-10-18-15(19)12-5-7-13(8-6-12)16(20)21/h1-4,12-13H,5-10H2,(H,18,19)(H,20,21). The fourth-order valence-electron chi connectivity index (χ4n) is 2.77. The number of hydrogen-bond acceptors (Lipinski definition) is 2. The molecule has 5 heteroatoms. The van der Waals surface area contributed by atoms with Crippen molar-refractivity contribution in [1.82, 2.24) is 5.32 Å². The molecule has 1 saturated carbocycles. The number of carboxylic acids is 1. The SMILES string of the molecule is O=C(O)C1CCC(C(=O)NCCc2ccccc2Cl)CC1. The van der Waals surface area contributed by atoms with Gasteiger partial charge in [-0.1, -0.05) is 29.8 Å². The first-order valence-electron chi connectivity index (χ1n) is 7.32. The van der Waals surface area contributed by atoms with E-state index >= 15 is 0 Å². The van der Waals surface area contributed by atoms with Crippen LogP contribution in [0.3, 0.4) is 0 Å². The summed E-state index contributed by atoms with van der Waals surface area (Å²) < 4.78 is 0. The predicted molar refractivity (Wildman–Crippen MR) is 81.2 cm³/mol. The lowest BCUT2D eigenvalue weighted by Crippen LogP contribution is -2.35. The van der Waals surface area contributed by atoms with Crippen LogP contribution in [0.4, 0.5) is 0 Å². The molecule has 1 aromatic rings. The fourth-order valence-corrected chi connectivity index (χ4v) is 3.00. The average molecular weight is 310 g/mol. The van der Waals surface area contributed by atoms with Crippen LogP contribution in [0.15, 0.2) is 24.3 Å². The smallest absolute Gasteiger partial charge is 0.306 e. The van der Waals surface area contributed by atoms with E-state index in [1.807, 2.05) is 24.3 Å². The summed E-state index contributed by atoms with van der Waals surface area (Å²) in [6.45, 7) is 0.557. The molecule has 2 rings (SSSR count). The van der Waals surface area contributed by atoms with Crippen LogP contribution < -0.4 is 5.32 Å². The van der Waals surface area contributed by atoms with Crippen LogP contribution in [0.25, 0.3) is 0 Å². The third kappa shape index (κ3) is 4.46. The Labute approximate surface area is 129 Å². The van der Waals surface area contributed by atoms with Crippen molar-refractivity contribution in [1.29, 1.82) is 0 Å². The van der Waals surface area contributed by atoms with Gasteiger partial charge < -0.3 is 10.4 Å². The van der Waals surface area contributed by atoms with Crippen molar-refractivity contribution in [2.45, 2.75) is 32.1 Å². The maximum Gasteiger partial charge on any atom is 0.306 e. The maximum absolute atomic E-state index is 12.1.